The van der Waals surface area contributed by atoms with Crippen LogP contribution in [0.25, 0.3) is 10.7 Å². The Labute approximate surface area is 114 Å². The van der Waals surface area contributed by atoms with E-state index in [-0.39, 0.29) is 11.6 Å². The first-order valence-corrected chi connectivity index (χ1v) is 6.69. The Balaban J connectivity index is 2.30. The van der Waals surface area contributed by atoms with Gasteiger partial charge in [-0.1, -0.05) is 0 Å². The highest BCUT2D eigenvalue weighted by Crippen LogP contribution is 2.28. The molecule has 1 unspecified atom stereocenters. The van der Waals surface area contributed by atoms with E-state index < -0.39 is 12.1 Å². The molecular formula is C12H14N2O4S. The zero-order valence-corrected chi connectivity index (χ0v) is 11.7. The molecule has 0 aliphatic heterocycles. The number of rotatable bonds is 4. The Bertz CT molecular complexity index is 588. The average Bonchev–Trinajstić information content (AvgIpc) is 2.95. The number of hydrogen-bond donors (Lipinski definition) is 1. The molecule has 0 aromatic carbocycles. The normalized spacial score (nSPS) is 12.4. The van der Waals surface area contributed by atoms with Crippen LogP contribution in [0.1, 0.15) is 42.1 Å². The standard InChI is InChI=1S/C12H14N2O4S/c1-4-17-12(16)8-5-19-11(13-8)9-7(3)18-10(14-9)6(2)15/h5-6,15H,4H2,1-3H3. The van der Waals surface area contributed by atoms with Crippen molar-refractivity contribution in [2.75, 3.05) is 6.61 Å². The minimum atomic E-state index is -0.781. The summed E-state index contributed by atoms with van der Waals surface area (Å²) in [5.41, 5.74) is 0.791. The van der Waals surface area contributed by atoms with E-state index in [9.17, 15) is 9.90 Å². The summed E-state index contributed by atoms with van der Waals surface area (Å²) in [7, 11) is 0. The molecule has 6 nitrogen and oxygen atoms in total. The molecule has 1 atom stereocenters. The van der Waals surface area contributed by atoms with Gasteiger partial charge in [-0.05, 0) is 20.8 Å². The molecule has 0 spiro atoms. The highest BCUT2D eigenvalue weighted by molar-refractivity contribution is 7.13. The Morgan fingerprint density at radius 1 is 1.58 bits per heavy atom. The number of ether oxygens (including phenoxy) is 1. The molecule has 2 rings (SSSR count). The highest BCUT2D eigenvalue weighted by Gasteiger charge is 2.19. The van der Waals surface area contributed by atoms with E-state index in [1.807, 2.05) is 0 Å². The van der Waals surface area contributed by atoms with Crippen molar-refractivity contribution in [3.05, 3.63) is 22.7 Å². The van der Waals surface area contributed by atoms with Crippen LogP contribution in [0.5, 0.6) is 0 Å². The summed E-state index contributed by atoms with van der Waals surface area (Å²) in [5, 5.41) is 11.6. The van der Waals surface area contributed by atoms with Crippen LogP contribution in [-0.4, -0.2) is 27.7 Å². The maximum atomic E-state index is 11.5. The monoisotopic (exact) mass is 282 g/mol. The van der Waals surface area contributed by atoms with Crippen LogP contribution < -0.4 is 0 Å². The molecular weight excluding hydrogens is 268 g/mol. The molecule has 2 aromatic rings. The number of aliphatic hydroxyl groups excluding tert-OH is 1. The van der Waals surface area contributed by atoms with Crippen LogP contribution >= 0.6 is 11.3 Å². The lowest BCUT2D eigenvalue weighted by Gasteiger charge is -1.96. The van der Waals surface area contributed by atoms with Crippen LogP contribution in [0.2, 0.25) is 0 Å². The summed E-state index contributed by atoms with van der Waals surface area (Å²) in [4.78, 5) is 19.9. The number of hydrogen-bond acceptors (Lipinski definition) is 7. The van der Waals surface area contributed by atoms with Crippen LogP contribution in [0.3, 0.4) is 0 Å². The minimum absolute atomic E-state index is 0.236. The Morgan fingerprint density at radius 3 is 2.89 bits per heavy atom. The second-order valence-electron chi connectivity index (χ2n) is 3.89. The summed E-state index contributed by atoms with van der Waals surface area (Å²) >= 11 is 1.28. The van der Waals surface area contributed by atoms with Crippen molar-refractivity contribution in [2.24, 2.45) is 0 Å². The summed E-state index contributed by atoms with van der Waals surface area (Å²) in [6.45, 7) is 5.35. The molecule has 102 valence electrons. The van der Waals surface area contributed by atoms with Crippen molar-refractivity contribution < 1.29 is 19.1 Å². The third-order valence-electron chi connectivity index (χ3n) is 2.36. The summed E-state index contributed by atoms with van der Waals surface area (Å²) in [6, 6.07) is 0. The molecule has 0 radical (unpaired) electrons. The van der Waals surface area contributed by atoms with E-state index in [1.165, 1.54) is 11.3 Å². The minimum Gasteiger partial charge on any atom is -0.461 e. The molecule has 0 aliphatic rings. The first-order valence-electron chi connectivity index (χ1n) is 5.81. The molecule has 2 aromatic heterocycles. The highest BCUT2D eigenvalue weighted by atomic mass is 32.1. The fourth-order valence-corrected chi connectivity index (χ4v) is 2.30. The predicted octanol–water partition coefficient (Wildman–Crippen LogP) is 2.34. The largest absolute Gasteiger partial charge is 0.461 e. The van der Waals surface area contributed by atoms with Gasteiger partial charge < -0.3 is 14.3 Å². The Kier molecular flexibility index (Phi) is 3.96. The van der Waals surface area contributed by atoms with Crippen LogP contribution in [-0.2, 0) is 4.74 Å². The molecule has 1 N–H and O–H groups in total. The van der Waals surface area contributed by atoms with Gasteiger partial charge in [-0.3, -0.25) is 0 Å². The van der Waals surface area contributed by atoms with Crippen LogP contribution in [0.4, 0.5) is 0 Å². The van der Waals surface area contributed by atoms with Crippen LogP contribution in [0.15, 0.2) is 9.80 Å². The number of aryl methyl sites for hydroxylation is 1. The van der Waals surface area contributed by atoms with Gasteiger partial charge in [0.25, 0.3) is 0 Å². The van der Waals surface area contributed by atoms with Crippen LogP contribution in [0, 0.1) is 6.92 Å². The average molecular weight is 282 g/mol. The summed E-state index contributed by atoms with van der Waals surface area (Å²) in [5.74, 6) is 0.336. The molecule has 7 heteroatoms. The van der Waals surface area contributed by atoms with Gasteiger partial charge in [0.15, 0.2) is 5.69 Å². The van der Waals surface area contributed by atoms with Gasteiger partial charge in [0.1, 0.15) is 22.6 Å². The first-order chi connectivity index (χ1) is 9.02. The number of oxazole rings is 1. The number of carbonyl (C=O) groups excluding carboxylic acids is 1. The molecule has 0 fully saturated rings. The van der Waals surface area contributed by atoms with Gasteiger partial charge in [0, 0.05) is 5.38 Å². The summed E-state index contributed by atoms with van der Waals surface area (Å²) < 4.78 is 10.2. The fraction of sp³-hybridized carbons (Fsp3) is 0.417. The number of thiazole rings is 1. The van der Waals surface area contributed by atoms with Crippen molar-refractivity contribution in [3.63, 3.8) is 0 Å². The second-order valence-corrected chi connectivity index (χ2v) is 4.75. The van der Waals surface area contributed by atoms with Gasteiger partial charge >= 0.3 is 5.97 Å². The number of nitrogens with zero attached hydrogens (tertiary/aromatic N) is 2. The van der Waals surface area contributed by atoms with Gasteiger partial charge in [-0.25, -0.2) is 14.8 Å². The third kappa shape index (κ3) is 2.82. The van der Waals surface area contributed by atoms with E-state index in [2.05, 4.69) is 9.97 Å². The topological polar surface area (TPSA) is 85.5 Å². The zero-order valence-electron chi connectivity index (χ0n) is 10.8. The Hall–Kier alpha value is -1.73. The maximum Gasteiger partial charge on any atom is 0.357 e. The fourth-order valence-electron chi connectivity index (χ4n) is 1.48. The molecule has 0 aliphatic carbocycles. The number of esters is 1. The number of carbonyl (C=O) groups is 1. The van der Waals surface area contributed by atoms with Gasteiger partial charge in [-0.15, -0.1) is 11.3 Å². The second kappa shape index (κ2) is 5.50. The lowest BCUT2D eigenvalue weighted by Crippen LogP contribution is -2.04. The lowest BCUT2D eigenvalue weighted by molar-refractivity contribution is 0.0520. The Morgan fingerprint density at radius 2 is 2.32 bits per heavy atom. The number of aromatic nitrogens is 2. The number of aliphatic hydroxyl groups is 1. The molecule has 0 amide bonds. The first kappa shape index (κ1) is 13.7. The summed E-state index contributed by atoms with van der Waals surface area (Å²) in [6.07, 6.45) is -0.781. The lowest BCUT2D eigenvalue weighted by atomic mass is 10.4. The predicted molar refractivity (Wildman–Crippen MR) is 68.9 cm³/mol. The van der Waals surface area contributed by atoms with Crippen molar-refractivity contribution in [3.8, 4) is 10.7 Å². The van der Waals surface area contributed by atoms with E-state index in [0.717, 1.165) is 0 Å². The molecule has 2 heterocycles. The van der Waals surface area contributed by atoms with Gasteiger partial charge in [0.05, 0.1) is 6.61 Å². The van der Waals surface area contributed by atoms with E-state index in [1.54, 1.807) is 26.2 Å². The molecule has 0 saturated carbocycles. The quantitative estimate of drug-likeness (QED) is 0.866. The molecule has 0 bridgehead atoms. The van der Waals surface area contributed by atoms with Crippen molar-refractivity contribution in [2.45, 2.75) is 26.9 Å². The van der Waals surface area contributed by atoms with Crippen molar-refractivity contribution >= 4 is 17.3 Å². The third-order valence-corrected chi connectivity index (χ3v) is 3.21. The molecule has 0 saturated heterocycles. The van der Waals surface area contributed by atoms with E-state index >= 15 is 0 Å². The zero-order chi connectivity index (χ0) is 14.0. The smallest absolute Gasteiger partial charge is 0.357 e. The maximum absolute atomic E-state index is 11.5. The molecule has 19 heavy (non-hydrogen) atoms. The SMILES string of the molecule is CCOC(=O)c1csc(-c2nc(C(C)O)oc2C)n1. The van der Waals surface area contributed by atoms with Crippen molar-refractivity contribution in [1.29, 1.82) is 0 Å². The van der Waals surface area contributed by atoms with E-state index in [0.29, 0.717) is 23.1 Å². The van der Waals surface area contributed by atoms with Gasteiger partial charge in [-0.2, -0.15) is 0 Å². The van der Waals surface area contributed by atoms with E-state index in [4.69, 9.17) is 9.15 Å². The van der Waals surface area contributed by atoms with Crippen molar-refractivity contribution in [1.82, 2.24) is 9.97 Å². The van der Waals surface area contributed by atoms with Gasteiger partial charge in [0.2, 0.25) is 5.89 Å².